The van der Waals surface area contributed by atoms with Gasteiger partial charge in [-0.25, -0.2) is 4.98 Å². The van der Waals surface area contributed by atoms with Crippen LogP contribution in [0.2, 0.25) is 0 Å². The number of nitrogens with one attached hydrogen (secondary N) is 1. The standard InChI is InChI=1S/C21H24N2O2/c1-14-6-5-7-17(15(14)2)18(19-12-22-13-23-19)10-16-8-9-20(24-3)21(11-16)25-4/h5-9,11-13,18H,10H2,1-4H3,(H,22,23). The SMILES string of the molecule is COc1ccc(CC(c2cnc[nH]2)c2cccc(C)c2C)cc1OC. The van der Waals surface area contributed by atoms with E-state index in [2.05, 4.69) is 48.1 Å². The van der Waals surface area contributed by atoms with Crippen molar-refractivity contribution in [3.05, 3.63) is 76.9 Å². The molecule has 1 N–H and O–H groups in total. The number of hydrogen-bond donors (Lipinski definition) is 1. The van der Waals surface area contributed by atoms with Crippen molar-refractivity contribution in [3.8, 4) is 11.5 Å². The Morgan fingerprint density at radius 2 is 1.84 bits per heavy atom. The second-order valence-electron chi connectivity index (χ2n) is 6.24. The molecular formula is C21H24N2O2. The van der Waals surface area contributed by atoms with Crippen molar-refractivity contribution in [3.63, 3.8) is 0 Å². The van der Waals surface area contributed by atoms with E-state index in [1.807, 2.05) is 18.3 Å². The molecule has 0 aliphatic heterocycles. The summed E-state index contributed by atoms with van der Waals surface area (Å²) in [6.07, 6.45) is 4.50. The predicted octanol–water partition coefficient (Wildman–Crippen LogP) is 4.42. The minimum Gasteiger partial charge on any atom is -0.493 e. The Labute approximate surface area is 148 Å². The molecule has 4 nitrogen and oxygen atoms in total. The van der Waals surface area contributed by atoms with Gasteiger partial charge < -0.3 is 14.5 Å². The molecule has 1 atom stereocenters. The third kappa shape index (κ3) is 3.53. The van der Waals surface area contributed by atoms with Crippen molar-refractivity contribution in [1.29, 1.82) is 0 Å². The van der Waals surface area contributed by atoms with Crippen LogP contribution in [0.15, 0.2) is 48.9 Å². The molecule has 0 radical (unpaired) electrons. The summed E-state index contributed by atoms with van der Waals surface area (Å²) in [5.74, 6) is 1.71. The molecule has 0 amide bonds. The number of rotatable bonds is 6. The predicted molar refractivity (Wildman–Crippen MR) is 99.6 cm³/mol. The third-order valence-corrected chi connectivity index (χ3v) is 4.80. The first-order valence-corrected chi connectivity index (χ1v) is 8.39. The van der Waals surface area contributed by atoms with Crippen LogP contribution in [0.4, 0.5) is 0 Å². The van der Waals surface area contributed by atoms with Crippen molar-refractivity contribution >= 4 is 0 Å². The number of aryl methyl sites for hydroxylation is 1. The lowest BCUT2D eigenvalue weighted by atomic mass is 9.85. The Morgan fingerprint density at radius 1 is 1.04 bits per heavy atom. The smallest absolute Gasteiger partial charge is 0.160 e. The normalized spacial score (nSPS) is 12.0. The van der Waals surface area contributed by atoms with E-state index >= 15 is 0 Å². The first kappa shape index (κ1) is 17.1. The molecule has 25 heavy (non-hydrogen) atoms. The number of nitrogens with zero attached hydrogens (tertiary/aromatic N) is 1. The van der Waals surface area contributed by atoms with Gasteiger partial charge in [-0.2, -0.15) is 0 Å². The highest BCUT2D eigenvalue weighted by Gasteiger charge is 2.19. The lowest BCUT2D eigenvalue weighted by Gasteiger charge is -2.20. The topological polar surface area (TPSA) is 47.1 Å². The fraction of sp³-hybridized carbons (Fsp3) is 0.286. The summed E-state index contributed by atoms with van der Waals surface area (Å²) < 4.78 is 10.8. The second kappa shape index (κ2) is 7.43. The molecule has 0 saturated heterocycles. The van der Waals surface area contributed by atoms with Gasteiger partial charge in [0, 0.05) is 17.8 Å². The molecule has 0 bridgehead atoms. The number of H-pyrrole nitrogens is 1. The van der Waals surface area contributed by atoms with Gasteiger partial charge in [-0.3, -0.25) is 0 Å². The molecule has 0 aliphatic carbocycles. The summed E-state index contributed by atoms with van der Waals surface area (Å²) in [4.78, 5) is 7.51. The third-order valence-electron chi connectivity index (χ3n) is 4.80. The van der Waals surface area contributed by atoms with Gasteiger partial charge >= 0.3 is 0 Å². The number of benzene rings is 2. The summed E-state index contributed by atoms with van der Waals surface area (Å²) in [5, 5.41) is 0. The Morgan fingerprint density at radius 3 is 2.52 bits per heavy atom. The summed E-state index contributed by atoms with van der Waals surface area (Å²) >= 11 is 0. The molecule has 2 aromatic carbocycles. The van der Waals surface area contributed by atoms with Crippen molar-refractivity contribution in [2.45, 2.75) is 26.2 Å². The molecule has 3 aromatic rings. The van der Waals surface area contributed by atoms with Gasteiger partial charge in [-0.1, -0.05) is 24.3 Å². The molecule has 4 heteroatoms. The minimum absolute atomic E-state index is 0.209. The highest BCUT2D eigenvalue weighted by Crippen LogP contribution is 2.34. The van der Waals surface area contributed by atoms with Crippen LogP contribution in [0.25, 0.3) is 0 Å². The fourth-order valence-corrected chi connectivity index (χ4v) is 3.24. The summed E-state index contributed by atoms with van der Waals surface area (Å²) in [6.45, 7) is 4.34. The van der Waals surface area contributed by atoms with Gasteiger partial charge in [-0.05, 0) is 54.7 Å². The van der Waals surface area contributed by atoms with Crippen LogP contribution in [-0.2, 0) is 6.42 Å². The zero-order chi connectivity index (χ0) is 17.8. The van der Waals surface area contributed by atoms with E-state index in [1.165, 1.54) is 22.3 Å². The van der Waals surface area contributed by atoms with Gasteiger partial charge in [0.05, 0.1) is 20.5 Å². The largest absolute Gasteiger partial charge is 0.493 e. The molecule has 1 unspecified atom stereocenters. The van der Waals surface area contributed by atoms with Crippen LogP contribution >= 0.6 is 0 Å². The zero-order valence-corrected chi connectivity index (χ0v) is 15.2. The van der Waals surface area contributed by atoms with E-state index in [4.69, 9.17) is 9.47 Å². The lowest BCUT2D eigenvalue weighted by Crippen LogP contribution is -2.08. The van der Waals surface area contributed by atoms with E-state index in [1.54, 1.807) is 20.5 Å². The van der Waals surface area contributed by atoms with Crippen molar-refractivity contribution in [2.24, 2.45) is 0 Å². The molecule has 0 fully saturated rings. The van der Waals surface area contributed by atoms with E-state index in [-0.39, 0.29) is 5.92 Å². The maximum absolute atomic E-state index is 5.45. The van der Waals surface area contributed by atoms with Crippen molar-refractivity contribution in [1.82, 2.24) is 9.97 Å². The number of hydrogen-bond acceptors (Lipinski definition) is 3. The quantitative estimate of drug-likeness (QED) is 0.725. The van der Waals surface area contributed by atoms with Crippen molar-refractivity contribution in [2.75, 3.05) is 14.2 Å². The molecule has 130 valence electrons. The van der Waals surface area contributed by atoms with Crippen LogP contribution in [0.1, 0.15) is 33.9 Å². The average molecular weight is 336 g/mol. The highest BCUT2D eigenvalue weighted by atomic mass is 16.5. The van der Waals surface area contributed by atoms with E-state index < -0.39 is 0 Å². The van der Waals surface area contributed by atoms with Gasteiger partial charge in [0.25, 0.3) is 0 Å². The van der Waals surface area contributed by atoms with E-state index in [9.17, 15) is 0 Å². The van der Waals surface area contributed by atoms with Crippen LogP contribution in [-0.4, -0.2) is 24.2 Å². The van der Waals surface area contributed by atoms with Gasteiger partial charge in [-0.15, -0.1) is 0 Å². The van der Waals surface area contributed by atoms with Gasteiger partial charge in [0.1, 0.15) is 0 Å². The Hall–Kier alpha value is -2.75. The van der Waals surface area contributed by atoms with Crippen LogP contribution < -0.4 is 9.47 Å². The Balaban J connectivity index is 2.01. The monoisotopic (exact) mass is 336 g/mol. The highest BCUT2D eigenvalue weighted by molar-refractivity contribution is 5.45. The molecule has 1 aromatic heterocycles. The van der Waals surface area contributed by atoms with Gasteiger partial charge in [0.2, 0.25) is 0 Å². The lowest BCUT2D eigenvalue weighted by molar-refractivity contribution is 0.354. The number of methoxy groups -OCH3 is 2. The molecule has 0 aliphatic rings. The number of imidazole rings is 1. The molecule has 3 rings (SSSR count). The first-order chi connectivity index (χ1) is 12.1. The molecule has 1 heterocycles. The zero-order valence-electron chi connectivity index (χ0n) is 15.2. The second-order valence-corrected chi connectivity index (χ2v) is 6.24. The van der Waals surface area contributed by atoms with Gasteiger partial charge in [0.15, 0.2) is 11.5 Å². The maximum Gasteiger partial charge on any atom is 0.160 e. The Bertz CT molecular complexity index is 841. The summed E-state index contributed by atoms with van der Waals surface area (Å²) in [6, 6.07) is 12.6. The molecular weight excluding hydrogens is 312 g/mol. The summed E-state index contributed by atoms with van der Waals surface area (Å²) in [5.41, 5.74) is 6.25. The molecule has 0 spiro atoms. The number of ether oxygens (including phenoxy) is 2. The average Bonchev–Trinajstić information content (AvgIpc) is 3.16. The first-order valence-electron chi connectivity index (χ1n) is 8.39. The van der Waals surface area contributed by atoms with E-state index in [0.717, 1.165) is 23.6 Å². The van der Waals surface area contributed by atoms with Crippen LogP contribution in [0, 0.1) is 13.8 Å². The molecule has 0 saturated carbocycles. The number of aromatic amines is 1. The number of aromatic nitrogens is 2. The summed E-state index contributed by atoms with van der Waals surface area (Å²) in [7, 11) is 3.32. The fourth-order valence-electron chi connectivity index (χ4n) is 3.24. The van der Waals surface area contributed by atoms with Crippen molar-refractivity contribution < 1.29 is 9.47 Å². The van der Waals surface area contributed by atoms with E-state index in [0.29, 0.717) is 0 Å². The van der Waals surface area contributed by atoms with Crippen LogP contribution in [0.3, 0.4) is 0 Å². The minimum atomic E-state index is 0.209. The Kier molecular flexibility index (Phi) is 5.08. The maximum atomic E-state index is 5.45. The van der Waals surface area contributed by atoms with Crippen LogP contribution in [0.5, 0.6) is 11.5 Å².